The normalized spacial score (nSPS) is 13.2. The topological polar surface area (TPSA) is 98.5 Å². The van der Waals surface area contributed by atoms with E-state index in [0.717, 1.165) is 0 Å². The van der Waals surface area contributed by atoms with Crippen LogP contribution in [-0.2, 0) is 14.8 Å². The molecule has 1 atom stereocenters. The molecule has 1 unspecified atom stereocenters. The molecule has 0 radical (unpaired) electrons. The first-order valence-electron chi connectivity index (χ1n) is 6.81. The standard InChI is InChI=1S/C14H21ClN2O4S/c1-9(2)6-11(8-16)17-22(19,20)13-7-10(15)4-5-12(13)14(18)21-3/h4-5,7,9,11,17H,6,8,16H2,1-3H3. The van der Waals surface area contributed by atoms with Gasteiger partial charge in [0.2, 0.25) is 10.0 Å². The van der Waals surface area contributed by atoms with Crippen molar-refractivity contribution in [3.63, 3.8) is 0 Å². The van der Waals surface area contributed by atoms with Crippen molar-refractivity contribution in [1.82, 2.24) is 4.72 Å². The number of hydrogen-bond donors (Lipinski definition) is 2. The molecule has 0 saturated heterocycles. The van der Waals surface area contributed by atoms with Crippen LogP contribution < -0.4 is 10.5 Å². The van der Waals surface area contributed by atoms with Gasteiger partial charge in [0.05, 0.1) is 17.6 Å². The van der Waals surface area contributed by atoms with Gasteiger partial charge >= 0.3 is 5.97 Å². The van der Waals surface area contributed by atoms with Gasteiger partial charge in [-0.1, -0.05) is 25.4 Å². The number of ether oxygens (including phenoxy) is 1. The number of benzene rings is 1. The van der Waals surface area contributed by atoms with Crippen molar-refractivity contribution in [1.29, 1.82) is 0 Å². The first-order chi connectivity index (χ1) is 10.2. The third-order valence-electron chi connectivity index (χ3n) is 3.00. The summed E-state index contributed by atoms with van der Waals surface area (Å²) >= 11 is 5.86. The van der Waals surface area contributed by atoms with Crippen LogP contribution in [-0.4, -0.2) is 34.1 Å². The van der Waals surface area contributed by atoms with E-state index in [1.165, 1.54) is 25.3 Å². The fraction of sp³-hybridized carbons (Fsp3) is 0.500. The van der Waals surface area contributed by atoms with E-state index < -0.39 is 22.0 Å². The molecular formula is C14H21ClN2O4S. The predicted octanol–water partition coefficient (Wildman–Crippen LogP) is 1.78. The zero-order valence-electron chi connectivity index (χ0n) is 12.8. The molecule has 0 bridgehead atoms. The molecule has 22 heavy (non-hydrogen) atoms. The summed E-state index contributed by atoms with van der Waals surface area (Å²) in [5.41, 5.74) is 5.55. The van der Waals surface area contributed by atoms with Crippen LogP contribution in [0.1, 0.15) is 30.6 Å². The summed E-state index contributed by atoms with van der Waals surface area (Å²) in [5.74, 6) is -0.471. The van der Waals surface area contributed by atoms with Gasteiger partial charge in [0, 0.05) is 17.6 Å². The minimum Gasteiger partial charge on any atom is -0.465 e. The monoisotopic (exact) mass is 348 g/mol. The number of methoxy groups -OCH3 is 1. The highest BCUT2D eigenvalue weighted by atomic mass is 35.5. The first-order valence-corrected chi connectivity index (χ1v) is 8.67. The van der Waals surface area contributed by atoms with Gasteiger partial charge in [-0.3, -0.25) is 0 Å². The Morgan fingerprint density at radius 2 is 2.05 bits per heavy atom. The van der Waals surface area contributed by atoms with E-state index in [1.54, 1.807) is 0 Å². The Labute approximate surface area is 136 Å². The second-order valence-electron chi connectivity index (χ2n) is 5.32. The summed E-state index contributed by atoms with van der Waals surface area (Å²) in [4.78, 5) is 11.5. The van der Waals surface area contributed by atoms with E-state index in [-0.39, 0.29) is 27.9 Å². The third-order valence-corrected chi connectivity index (χ3v) is 4.80. The van der Waals surface area contributed by atoms with Gasteiger partial charge in [0.15, 0.2) is 0 Å². The van der Waals surface area contributed by atoms with Crippen LogP contribution in [0.5, 0.6) is 0 Å². The summed E-state index contributed by atoms with van der Waals surface area (Å²) < 4.78 is 32.2. The largest absolute Gasteiger partial charge is 0.465 e. The molecule has 0 heterocycles. The highest BCUT2D eigenvalue weighted by molar-refractivity contribution is 7.89. The van der Waals surface area contributed by atoms with E-state index in [4.69, 9.17) is 17.3 Å². The summed E-state index contributed by atoms with van der Waals surface area (Å²) in [6.07, 6.45) is 0.587. The molecule has 0 aliphatic rings. The summed E-state index contributed by atoms with van der Waals surface area (Å²) in [6.45, 7) is 4.10. The Hall–Kier alpha value is -1.15. The molecule has 1 aromatic rings. The maximum atomic E-state index is 12.5. The fourth-order valence-corrected chi connectivity index (χ4v) is 3.76. The number of halogens is 1. The lowest BCUT2D eigenvalue weighted by atomic mass is 10.1. The first kappa shape index (κ1) is 18.9. The van der Waals surface area contributed by atoms with Crippen LogP contribution in [0.4, 0.5) is 0 Å². The molecule has 0 aliphatic carbocycles. The van der Waals surface area contributed by atoms with Crippen molar-refractivity contribution >= 4 is 27.6 Å². The number of esters is 1. The zero-order valence-corrected chi connectivity index (χ0v) is 14.4. The lowest BCUT2D eigenvalue weighted by molar-refractivity contribution is 0.0596. The lowest BCUT2D eigenvalue weighted by Crippen LogP contribution is -2.41. The highest BCUT2D eigenvalue weighted by Gasteiger charge is 2.26. The molecule has 124 valence electrons. The maximum Gasteiger partial charge on any atom is 0.339 e. The summed E-state index contributed by atoms with van der Waals surface area (Å²) in [6, 6.07) is 3.55. The molecule has 0 fully saturated rings. The molecule has 0 aliphatic heterocycles. The summed E-state index contributed by atoms with van der Waals surface area (Å²) in [7, 11) is -2.76. The van der Waals surface area contributed by atoms with Crippen LogP contribution >= 0.6 is 11.6 Å². The van der Waals surface area contributed by atoms with E-state index in [9.17, 15) is 13.2 Å². The van der Waals surface area contributed by atoms with Crippen LogP contribution in [0.15, 0.2) is 23.1 Å². The van der Waals surface area contributed by atoms with Gasteiger partial charge in [-0.25, -0.2) is 17.9 Å². The molecule has 8 heteroatoms. The number of sulfonamides is 1. The van der Waals surface area contributed by atoms with E-state index >= 15 is 0 Å². The predicted molar refractivity (Wildman–Crippen MR) is 85.4 cm³/mol. The second kappa shape index (κ2) is 7.92. The van der Waals surface area contributed by atoms with Crippen molar-refractivity contribution in [2.45, 2.75) is 31.2 Å². The van der Waals surface area contributed by atoms with Gasteiger partial charge in [0.25, 0.3) is 0 Å². The van der Waals surface area contributed by atoms with E-state index in [1.807, 2.05) is 13.8 Å². The van der Waals surface area contributed by atoms with Crippen LogP contribution in [0.3, 0.4) is 0 Å². The Balaban J connectivity index is 3.21. The maximum absolute atomic E-state index is 12.5. The minimum absolute atomic E-state index is 0.0697. The number of nitrogens with one attached hydrogen (secondary N) is 1. The lowest BCUT2D eigenvalue weighted by Gasteiger charge is -2.19. The molecule has 1 rings (SSSR count). The van der Waals surface area contributed by atoms with Crippen LogP contribution in [0.2, 0.25) is 5.02 Å². The molecule has 1 aromatic carbocycles. The van der Waals surface area contributed by atoms with Crippen molar-refractivity contribution in [3.05, 3.63) is 28.8 Å². The Morgan fingerprint density at radius 3 is 2.55 bits per heavy atom. The molecular weight excluding hydrogens is 328 g/mol. The van der Waals surface area contributed by atoms with E-state index in [2.05, 4.69) is 9.46 Å². The third kappa shape index (κ3) is 4.95. The molecule has 6 nitrogen and oxygen atoms in total. The van der Waals surface area contributed by atoms with Gasteiger partial charge in [-0.05, 0) is 30.5 Å². The van der Waals surface area contributed by atoms with Crippen LogP contribution in [0.25, 0.3) is 0 Å². The zero-order chi connectivity index (χ0) is 16.9. The van der Waals surface area contributed by atoms with Gasteiger partial charge < -0.3 is 10.5 Å². The Kier molecular flexibility index (Phi) is 6.80. The summed E-state index contributed by atoms with van der Waals surface area (Å²) in [5, 5.41) is 0.209. The average Bonchev–Trinajstić information content (AvgIpc) is 2.44. The molecule has 0 saturated carbocycles. The van der Waals surface area contributed by atoms with Gasteiger partial charge in [0.1, 0.15) is 0 Å². The fourth-order valence-electron chi connectivity index (χ4n) is 2.04. The second-order valence-corrected chi connectivity index (χ2v) is 7.43. The van der Waals surface area contributed by atoms with Crippen LogP contribution in [0, 0.1) is 5.92 Å². The SMILES string of the molecule is COC(=O)c1ccc(Cl)cc1S(=O)(=O)NC(CN)CC(C)C. The molecule has 0 amide bonds. The Bertz CT molecular complexity index is 632. The smallest absolute Gasteiger partial charge is 0.339 e. The number of carbonyl (C=O) groups is 1. The van der Waals surface area contributed by atoms with Crippen molar-refractivity contribution < 1.29 is 17.9 Å². The molecule has 0 aromatic heterocycles. The van der Waals surface area contributed by atoms with Gasteiger partial charge in [-0.15, -0.1) is 0 Å². The number of carbonyl (C=O) groups excluding carboxylic acids is 1. The van der Waals surface area contributed by atoms with Crippen molar-refractivity contribution in [2.24, 2.45) is 11.7 Å². The molecule has 0 spiro atoms. The highest BCUT2D eigenvalue weighted by Crippen LogP contribution is 2.22. The molecule has 3 N–H and O–H groups in total. The van der Waals surface area contributed by atoms with E-state index in [0.29, 0.717) is 6.42 Å². The van der Waals surface area contributed by atoms with Crippen molar-refractivity contribution in [3.8, 4) is 0 Å². The van der Waals surface area contributed by atoms with Gasteiger partial charge in [-0.2, -0.15) is 0 Å². The number of hydrogen-bond acceptors (Lipinski definition) is 5. The van der Waals surface area contributed by atoms with Crippen molar-refractivity contribution in [2.75, 3.05) is 13.7 Å². The number of rotatable bonds is 7. The Morgan fingerprint density at radius 1 is 1.41 bits per heavy atom. The number of nitrogens with two attached hydrogens (primary N) is 1. The minimum atomic E-state index is -3.94. The average molecular weight is 349 g/mol. The quantitative estimate of drug-likeness (QED) is 0.732.